The van der Waals surface area contributed by atoms with Crippen molar-refractivity contribution >= 4 is 56.3 Å². The van der Waals surface area contributed by atoms with E-state index in [2.05, 4.69) is 10.3 Å². The van der Waals surface area contributed by atoms with E-state index in [1.54, 1.807) is 30.3 Å². The minimum absolute atomic E-state index is 0.113. The molecule has 1 heterocycles. The summed E-state index contributed by atoms with van der Waals surface area (Å²) < 4.78 is 26.1. The lowest BCUT2D eigenvalue weighted by Crippen LogP contribution is -2.37. The zero-order chi connectivity index (χ0) is 18.2. The lowest BCUT2D eigenvalue weighted by molar-refractivity contribution is -0.115. The highest BCUT2D eigenvalue weighted by molar-refractivity contribution is 7.90. The lowest BCUT2D eigenvalue weighted by Gasteiger charge is -2.26. The maximum atomic E-state index is 12.5. The number of carbonyl (C=O) groups excluding carboxylic acids is 1. The van der Waals surface area contributed by atoms with Crippen molar-refractivity contribution in [3.05, 3.63) is 52.5 Å². The number of rotatable bonds is 3. The van der Waals surface area contributed by atoms with E-state index in [1.165, 1.54) is 19.2 Å². The van der Waals surface area contributed by atoms with Crippen LogP contribution in [0.25, 0.3) is 0 Å². The molecular weight excluding hydrogens is 385 g/mol. The largest absolute Gasteiger partial charge is 0.324 e. The number of carbonyl (C=O) groups is 1. The highest BCUT2D eigenvalue weighted by Gasteiger charge is 2.31. The Bertz CT molecular complexity index is 990. The van der Waals surface area contributed by atoms with E-state index < -0.39 is 15.9 Å². The van der Waals surface area contributed by atoms with E-state index in [-0.39, 0.29) is 22.2 Å². The van der Waals surface area contributed by atoms with Crippen molar-refractivity contribution in [1.82, 2.24) is 4.31 Å². The van der Waals surface area contributed by atoms with Crippen LogP contribution in [0.4, 0.5) is 11.4 Å². The van der Waals surface area contributed by atoms with Gasteiger partial charge in [-0.05, 0) is 30.3 Å². The van der Waals surface area contributed by atoms with Crippen LogP contribution in [0.2, 0.25) is 10.0 Å². The van der Waals surface area contributed by atoms with Gasteiger partial charge in [-0.3, -0.25) is 9.10 Å². The van der Waals surface area contributed by atoms with Crippen LogP contribution < -0.4 is 5.32 Å². The van der Waals surface area contributed by atoms with Crippen molar-refractivity contribution in [3.63, 3.8) is 0 Å². The first-order valence-electron chi connectivity index (χ1n) is 7.19. The highest BCUT2D eigenvalue weighted by Crippen LogP contribution is 2.32. The second-order valence-electron chi connectivity index (χ2n) is 5.32. The number of fused-ring (bicyclic) bond motifs is 1. The fourth-order valence-electron chi connectivity index (χ4n) is 2.34. The standard InChI is InChI=1S/C16H13Cl2N3O3S/c1-21-15(19-13-4-2-3-5-14(13)25(21,23)24)9-16(22)20-12-7-6-10(17)8-11(12)18/h2-8H,9H2,1H3,(H,20,22). The quantitative estimate of drug-likeness (QED) is 0.857. The van der Waals surface area contributed by atoms with E-state index >= 15 is 0 Å². The summed E-state index contributed by atoms with van der Waals surface area (Å²) in [4.78, 5) is 16.7. The number of anilines is 1. The van der Waals surface area contributed by atoms with Gasteiger partial charge >= 0.3 is 0 Å². The maximum absolute atomic E-state index is 12.5. The van der Waals surface area contributed by atoms with Crippen LogP contribution in [0, 0.1) is 0 Å². The second kappa shape index (κ2) is 6.67. The van der Waals surface area contributed by atoms with Gasteiger partial charge in [-0.2, -0.15) is 0 Å². The number of nitrogens with zero attached hydrogens (tertiary/aromatic N) is 2. The highest BCUT2D eigenvalue weighted by atomic mass is 35.5. The Morgan fingerprint density at radius 2 is 1.92 bits per heavy atom. The predicted octanol–water partition coefficient (Wildman–Crippen LogP) is 3.69. The summed E-state index contributed by atoms with van der Waals surface area (Å²) in [6, 6.07) is 11.1. The molecule has 130 valence electrons. The summed E-state index contributed by atoms with van der Waals surface area (Å²) in [5, 5.41) is 3.36. The van der Waals surface area contributed by atoms with E-state index in [1.807, 2.05) is 0 Å². The SMILES string of the molecule is CN1C(CC(=O)Nc2ccc(Cl)cc2Cl)=Nc2ccccc2S1(=O)=O. The number of sulfonamides is 1. The van der Waals surface area contributed by atoms with E-state index in [0.29, 0.717) is 16.4 Å². The first-order chi connectivity index (χ1) is 11.8. The lowest BCUT2D eigenvalue weighted by atomic mass is 10.3. The molecule has 0 unspecified atom stereocenters. The Labute approximate surface area is 155 Å². The minimum atomic E-state index is -3.72. The van der Waals surface area contributed by atoms with Crippen molar-refractivity contribution in [2.45, 2.75) is 11.3 Å². The number of hydrogen-bond donors (Lipinski definition) is 1. The molecule has 25 heavy (non-hydrogen) atoms. The molecule has 0 spiro atoms. The number of halogens is 2. The van der Waals surface area contributed by atoms with Crippen LogP contribution >= 0.6 is 23.2 Å². The molecular formula is C16H13Cl2N3O3S. The molecule has 0 aliphatic carbocycles. The summed E-state index contributed by atoms with van der Waals surface area (Å²) >= 11 is 11.8. The molecule has 1 amide bonds. The molecule has 1 aliphatic rings. The molecule has 6 nitrogen and oxygen atoms in total. The van der Waals surface area contributed by atoms with Crippen molar-refractivity contribution in [1.29, 1.82) is 0 Å². The molecule has 0 aromatic heterocycles. The third-order valence-electron chi connectivity index (χ3n) is 3.64. The van der Waals surface area contributed by atoms with Crippen molar-refractivity contribution in [2.24, 2.45) is 4.99 Å². The minimum Gasteiger partial charge on any atom is -0.324 e. The van der Waals surface area contributed by atoms with E-state index in [0.717, 1.165) is 4.31 Å². The van der Waals surface area contributed by atoms with Crippen LogP contribution in [-0.4, -0.2) is 31.5 Å². The van der Waals surface area contributed by atoms with E-state index in [4.69, 9.17) is 23.2 Å². The van der Waals surface area contributed by atoms with Gasteiger partial charge in [0.25, 0.3) is 10.0 Å². The van der Waals surface area contributed by atoms with Gasteiger partial charge in [-0.1, -0.05) is 35.3 Å². The fraction of sp³-hybridized carbons (Fsp3) is 0.125. The van der Waals surface area contributed by atoms with Crippen molar-refractivity contribution in [2.75, 3.05) is 12.4 Å². The molecule has 0 atom stereocenters. The molecule has 3 rings (SSSR count). The summed E-state index contributed by atoms with van der Waals surface area (Å²) in [6.07, 6.45) is -0.219. The number of nitrogens with one attached hydrogen (secondary N) is 1. The van der Waals surface area contributed by atoms with Crippen molar-refractivity contribution < 1.29 is 13.2 Å². The zero-order valence-corrected chi connectivity index (χ0v) is 15.4. The molecule has 9 heteroatoms. The Hall–Kier alpha value is -2.09. The molecule has 1 aliphatic heterocycles. The van der Waals surface area contributed by atoms with Crippen molar-refractivity contribution in [3.8, 4) is 0 Å². The number of benzene rings is 2. The summed E-state index contributed by atoms with van der Waals surface area (Å²) in [7, 11) is -2.36. The Morgan fingerprint density at radius 1 is 1.20 bits per heavy atom. The third-order valence-corrected chi connectivity index (χ3v) is 6.02. The normalized spacial score (nSPS) is 15.3. The molecule has 2 aromatic rings. The third kappa shape index (κ3) is 3.49. The Morgan fingerprint density at radius 3 is 2.64 bits per heavy atom. The van der Waals surface area contributed by atoms with Gasteiger partial charge in [0.15, 0.2) is 0 Å². The van der Waals surface area contributed by atoms with E-state index in [9.17, 15) is 13.2 Å². The van der Waals surface area contributed by atoms with Gasteiger partial charge in [-0.25, -0.2) is 13.4 Å². The van der Waals surface area contributed by atoms with Gasteiger partial charge in [0.05, 0.1) is 22.8 Å². The maximum Gasteiger partial charge on any atom is 0.267 e. The monoisotopic (exact) mass is 397 g/mol. The average molecular weight is 398 g/mol. The Balaban J connectivity index is 1.85. The van der Waals surface area contributed by atoms with Gasteiger partial charge in [-0.15, -0.1) is 0 Å². The van der Waals surface area contributed by atoms with Gasteiger partial charge < -0.3 is 5.32 Å². The van der Waals surface area contributed by atoms with Crippen LogP contribution in [0.1, 0.15) is 6.42 Å². The number of para-hydroxylation sites is 1. The summed E-state index contributed by atoms with van der Waals surface area (Å²) in [6.45, 7) is 0. The Kier molecular flexibility index (Phi) is 4.73. The molecule has 0 saturated carbocycles. The first kappa shape index (κ1) is 17.7. The molecule has 2 aromatic carbocycles. The fourth-order valence-corrected chi connectivity index (χ4v) is 4.11. The van der Waals surface area contributed by atoms with Gasteiger partial charge in [0, 0.05) is 12.1 Å². The van der Waals surface area contributed by atoms with Crippen LogP contribution in [-0.2, 0) is 14.8 Å². The second-order valence-corrected chi connectivity index (χ2v) is 8.10. The molecule has 0 fully saturated rings. The summed E-state index contributed by atoms with van der Waals surface area (Å²) in [5.74, 6) is -0.314. The average Bonchev–Trinajstić information content (AvgIpc) is 2.55. The first-order valence-corrected chi connectivity index (χ1v) is 9.39. The molecule has 1 N–H and O–H groups in total. The topological polar surface area (TPSA) is 78.8 Å². The molecule has 0 saturated heterocycles. The number of aliphatic imine (C=N–C) groups is 1. The van der Waals surface area contributed by atoms with Crippen LogP contribution in [0.15, 0.2) is 52.4 Å². The molecule has 0 bridgehead atoms. The van der Waals surface area contributed by atoms with Gasteiger partial charge in [0.2, 0.25) is 5.91 Å². The van der Waals surface area contributed by atoms with Gasteiger partial charge in [0.1, 0.15) is 10.7 Å². The number of amides is 1. The number of hydrogen-bond acceptors (Lipinski definition) is 4. The van der Waals surface area contributed by atoms with Crippen LogP contribution in [0.3, 0.4) is 0 Å². The van der Waals surface area contributed by atoms with Crippen LogP contribution in [0.5, 0.6) is 0 Å². The summed E-state index contributed by atoms with van der Waals surface area (Å²) in [5.41, 5.74) is 0.700. The zero-order valence-electron chi connectivity index (χ0n) is 13.0. The molecule has 0 radical (unpaired) electrons. The smallest absolute Gasteiger partial charge is 0.267 e. The number of amidine groups is 1. The predicted molar refractivity (Wildman–Crippen MR) is 98.2 cm³/mol.